The smallest absolute Gasteiger partial charge is 0.136 e. The zero-order chi connectivity index (χ0) is 13.7. The molecule has 0 spiro atoms. The van der Waals surface area contributed by atoms with Crippen LogP contribution in [0.5, 0.6) is 0 Å². The molecular formula is C15H20N4. The van der Waals surface area contributed by atoms with E-state index >= 15 is 0 Å². The van der Waals surface area contributed by atoms with E-state index in [1.807, 2.05) is 6.92 Å². The highest BCUT2D eigenvalue weighted by atomic mass is 15.0. The molecule has 100 valence electrons. The van der Waals surface area contributed by atoms with E-state index in [2.05, 4.69) is 46.5 Å². The SMILES string of the molecule is CCCc1ccc(Nc2cc(N)nc(CC)n2)cc1. The van der Waals surface area contributed by atoms with E-state index in [1.165, 1.54) is 5.56 Å². The monoisotopic (exact) mass is 256 g/mol. The summed E-state index contributed by atoms with van der Waals surface area (Å²) in [7, 11) is 0. The van der Waals surface area contributed by atoms with Gasteiger partial charge in [-0.25, -0.2) is 9.97 Å². The van der Waals surface area contributed by atoms with E-state index in [0.717, 1.165) is 36.6 Å². The van der Waals surface area contributed by atoms with E-state index in [9.17, 15) is 0 Å². The van der Waals surface area contributed by atoms with Crippen LogP contribution in [0.4, 0.5) is 17.3 Å². The van der Waals surface area contributed by atoms with Crippen molar-refractivity contribution >= 4 is 17.3 Å². The van der Waals surface area contributed by atoms with Gasteiger partial charge in [0.1, 0.15) is 17.5 Å². The fraction of sp³-hybridized carbons (Fsp3) is 0.333. The molecule has 0 unspecified atom stereocenters. The summed E-state index contributed by atoms with van der Waals surface area (Å²) >= 11 is 0. The molecule has 19 heavy (non-hydrogen) atoms. The third-order valence-electron chi connectivity index (χ3n) is 2.87. The summed E-state index contributed by atoms with van der Waals surface area (Å²) in [5.74, 6) is 2.00. The van der Waals surface area contributed by atoms with Crippen molar-refractivity contribution in [1.29, 1.82) is 0 Å². The second-order valence-electron chi connectivity index (χ2n) is 4.52. The van der Waals surface area contributed by atoms with Crippen LogP contribution in [0, 0.1) is 0 Å². The van der Waals surface area contributed by atoms with E-state index in [0.29, 0.717) is 5.82 Å². The molecule has 2 rings (SSSR count). The van der Waals surface area contributed by atoms with Crippen LogP contribution in [-0.2, 0) is 12.8 Å². The number of nitrogen functional groups attached to an aromatic ring is 1. The Hall–Kier alpha value is -2.10. The van der Waals surface area contributed by atoms with E-state index in [1.54, 1.807) is 6.07 Å². The normalized spacial score (nSPS) is 10.4. The molecule has 0 aliphatic heterocycles. The van der Waals surface area contributed by atoms with Crippen molar-refractivity contribution in [3.05, 3.63) is 41.7 Å². The lowest BCUT2D eigenvalue weighted by molar-refractivity contribution is 0.922. The topological polar surface area (TPSA) is 63.8 Å². The van der Waals surface area contributed by atoms with Crippen LogP contribution in [-0.4, -0.2) is 9.97 Å². The van der Waals surface area contributed by atoms with Gasteiger partial charge in [0.25, 0.3) is 0 Å². The van der Waals surface area contributed by atoms with Crippen molar-refractivity contribution < 1.29 is 0 Å². The van der Waals surface area contributed by atoms with Crippen molar-refractivity contribution in [3.8, 4) is 0 Å². The maximum absolute atomic E-state index is 5.76. The molecule has 3 N–H and O–H groups in total. The molecule has 0 radical (unpaired) electrons. The summed E-state index contributed by atoms with van der Waals surface area (Å²) in [6.07, 6.45) is 3.05. The number of benzene rings is 1. The fourth-order valence-corrected chi connectivity index (χ4v) is 1.93. The average Bonchev–Trinajstić information content (AvgIpc) is 2.40. The van der Waals surface area contributed by atoms with Gasteiger partial charge in [-0.1, -0.05) is 32.4 Å². The fourth-order valence-electron chi connectivity index (χ4n) is 1.93. The minimum atomic E-state index is 0.497. The standard InChI is InChI=1S/C15H20N4/c1-3-5-11-6-8-12(9-7-11)17-15-10-13(16)18-14(4-2)19-15/h6-10H,3-5H2,1-2H3,(H3,16,17,18,19). The Morgan fingerprint density at radius 2 is 1.84 bits per heavy atom. The van der Waals surface area contributed by atoms with Crippen LogP contribution < -0.4 is 11.1 Å². The first-order chi connectivity index (χ1) is 9.21. The number of aryl methyl sites for hydroxylation is 2. The molecule has 0 saturated heterocycles. The molecule has 1 aromatic carbocycles. The molecule has 0 atom stereocenters. The molecule has 0 saturated carbocycles. The summed E-state index contributed by atoms with van der Waals surface area (Å²) in [4.78, 5) is 8.56. The minimum absolute atomic E-state index is 0.497. The van der Waals surface area contributed by atoms with Gasteiger partial charge in [-0.05, 0) is 24.1 Å². The Labute approximate surface area is 114 Å². The lowest BCUT2D eigenvalue weighted by Gasteiger charge is -2.08. The molecule has 1 aromatic heterocycles. The van der Waals surface area contributed by atoms with Gasteiger partial charge in [0.2, 0.25) is 0 Å². The Bertz CT molecular complexity index is 534. The van der Waals surface area contributed by atoms with Gasteiger partial charge in [0.15, 0.2) is 0 Å². The van der Waals surface area contributed by atoms with Crippen molar-refractivity contribution in [1.82, 2.24) is 9.97 Å². The Morgan fingerprint density at radius 1 is 1.11 bits per heavy atom. The Morgan fingerprint density at radius 3 is 2.47 bits per heavy atom. The number of aromatic nitrogens is 2. The summed E-state index contributed by atoms with van der Waals surface area (Å²) in [5.41, 5.74) is 8.13. The summed E-state index contributed by atoms with van der Waals surface area (Å²) in [6, 6.07) is 10.1. The van der Waals surface area contributed by atoms with Gasteiger partial charge in [0.05, 0.1) is 0 Å². The summed E-state index contributed by atoms with van der Waals surface area (Å²) in [6.45, 7) is 4.19. The number of anilines is 3. The van der Waals surface area contributed by atoms with Gasteiger partial charge in [-0.2, -0.15) is 0 Å². The first-order valence-corrected chi connectivity index (χ1v) is 6.70. The van der Waals surface area contributed by atoms with Crippen molar-refractivity contribution in [2.24, 2.45) is 0 Å². The highest BCUT2D eigenvalue weighted by Crippen LogP contribution is 2.17. The van der Waals surface area contributed by atoms with Crippen LogP contribution in [0.25, 0.3) is 0 Å². The predicted octanol–water partition coefficient (Wildman–Crippen LogP) is 3.32. The third-order valence-corrected chi connectivity index (χ3v) is 2.87. The van der Waals surface area contributed by atoms with E-state index < -0.39 is 0 Å². The lowest BCUT2D eigenvalue weighted by Crippen LogP contribution is -2.02. The van der Waals surface area contributed by atoms with Gasteiger partial charge in [0, 0.05) is 18.2 Å². The Kier molecular flexibility index (Phi) is 4.34. The minimum Gasteiger partial charge on any atom is -0.384 e. The number of nitrogens with two attached hydrogens (primary N) is 1. The molecule has 4 heteroatoms. The van der Waals surface area contributed by atoms with Gasteiger partial charge in [-0.3, -0.25) is 0 Å². The second-order valence-corrected chi connectivity index (χ2v) is 4.52. The number of hydrogen-bond donors (Lipinski definition) is 2. The number of rotatable bonds is 5. The van der Waals surface area contributed by atoms with Crippen molar-refractivity contribution in [2.75, 3.05) is 11.1 Å². The van der Waals surface area contributed by atoms with Crippen LogP contribution in [0.1, 0.15) is 31.7 Å². The highest BCUT2D eigenvalue weighted by Gasteiger charge is 2.02. The molecule has 4 nitrogen and oxygen atoms in total. The molecule has 2 aromatic rings. The molecule has 0 fully saturated rings. The maximum Gasteiger partial charge on any atom is 0.136 e. The first kappa shape index (κ1) is 13.3. The van der Waals surface area contributed by atoms with Crippen LogP contribution in [0.15, 0.2) is 30.3 Å². The summed E-state index contributed by atoms with van der Waals surface area (Å²) in [5, 5.41) is 3.26. The number of nitrogens with one attached hydrogen (secondary N) is 1. The zero-order valence-electron chi connectivity index (χ0n) is 11.5. The van der Waals surface area contributed by atoms with Gasteiger partial charge >= 0.3 is 0 Å². The molecular weight excluding hydrogens is 236 g/mol. The predicted molar refractivity (Wildman–Crippen MR) is 79.5 cm³/mol. The maximum atomic E-state index is 5.76. The molecule has 1 heterocycles. The molecule has 0 bridgehead atoms. The Balaban J connectivity index is 2.14. The van der Waals surface area contributed by atoms with Gasteiger partial charge in [-0.15, -0.1) is 0 Å². The quantitative estimate of drug-likeness (QED) is 0.861. The summed E-state index contributed by atoms with van der Waals surface area (Å²) < 4.78 is 0. The van der Waals surface area contributed by atoms with Crippen LogP contribution in [0.2, 0.25) is 0 Å². The highest BCUT2D eigenvalue weighted by molar-refractivity contribution is 5.58. The molecule has 0 amide bonds. The van der Waals surface area contributed by atoms with E-state index in [4.69, 9.17) is 5.73 Å². The third kappa shape index (κ3) is 3.68. The van der Waals surface area contributed by atoms with Crippen molar-refractivity contribution in [2.45, 2.75) is 33.1 Å². The first-order valence-electron chi connectivity index (χ1n) is 6.70. The average molecular weight is 256 g/mol. The lowest BCUT2D eigenvalue weighted by atomic mass is 10.1. The molecule has 0 aliphatic carbocycles. The van der Waals surface area contributed by atoms with Crippen LogP contribution in [0.3, 0.4) is 0 Å². The second kappa shape index (κ2) is 6.18. The number of nitrogens with zero attached hydrogens (tertiary/aromatic N) is 2. The largest absolute Gasteiger partial charge is 0.384 e. The van der Waals surface area contributed by atoms with E-state index in [-0.39, 0.29) is 0 Å². The van der Waals surface area contributed by atoms with Gasteiger partial charge < -0.3 is 11.1 Å². The molecule has 0 aliphatic rings. The van der Waals surface area contributed by atoms with Crippen LogP contribution >= 0.6 is 0 Å². The number of hydrogen-bond acceptors (Lipinski definition) is 4. The van der Waals surface area contributed by atoms with Crippen molar-refractivity contribution in [3.63, 3.8) is 0 Å². The zero-order valence-corrected chi connectivity index (χ0v) is 11.5.